The van der Waals surface area contributed by atoms with E-state index in [1.165, 1.54) is 56.7 Å². The molecular weight excluding hydrogens is 483 g/mol. The Labute approximate surface area is 215 Å². The van der Waals surface area contributed by atoms with E-state index in [4.69, 9.17) is 0 Å². The molecule has 0 aliphatic heterocycles. The zero-order valence-electron chi connectivity index (χ0n) is 20.9. The first-order valence-electron chi connectivity index (χ1n) is 13.0. The number of unbranched alkanes of at least 4 members (excludes halogenated alkanes) is 2. The summed E-state index contributed by atoms with van der Waals surface area (Å²) in [5.41, 5.74) is 1.50. The molecule has 1 aliphatic carbocycles. The molecule has 0 aromatic heterocycles. The van der Waals surface area contributed by atoms with Crippen molar-refractivity contribution >= 4 is 10.8 Å². The van der Waals surface area contributed by atoms with Gasteiger partial charge in [-0.05, 0) is 66.8 Å². The smallest absolute Gasteiger partial charge is 0.422 e. The largest absolute Gasteiger partial charge is 0.481 e. The molecule has 0 saturated heterocycles. The summed E-state index contributed by atoms with van der Waals surface area (Å²) in [6, 6.07) is 12.0. The Balaban J connectivity index is 1.43. The highest BCUT2D eigenvalue weighted by atomic mass is 19.4. The lowest BCUT2D eigenvalue weighted by atomic mass is 9.80. The van der Waals surface area contributed by atoms with Gasteiger partial charge in [0.1, 0.15) is 5.82 Å². The maximum atomic E-state index is 15.0. The van der Waals surface area contributed by atoms with Gasteiger partial charge in [0.2, 0.25) is 0 Å². The molecule has 0 amide bonds. The van der Waals surface area contributed by atoms with Crippen molar-refractivity contribution in [3.63, 3.8) is 0 Å². The minimum absolute atomic E-state index is 0.103. The first-order valence-corrected chi connectivity index (χ1v) is 13.0. The molecule has 1 fully saturated rings. The van der Waals surface area contributed by atoms with E-state index in [0.717, 1.165) is 24.8 Å². The molecular formula is C31H31F5O. The average Bonchev–Trinajstić information content (AvgIpc) is 2.87. The van der Waals surface area contributed by atoms with Crippen molar-refractivity contribution in [2.75, 3.05) is 6.61 Å². The molecule has 1 nitrogen and oxygen atoms in total. The standard InChI is InChI=1S/C31H31F5O/c1-2-3-4-5-21-6-8-22(9-7-21)10-11-23-12-15-26(28(32)18-23)24-13-16-27-25(19-24)14-17-29(30(27)33)37-20-31(34,35)36/h12-19,21-22H,2-9,20H2,1H3. The number of hydrogen-bond acceptors (Lipinski definition) is 1. The molecule has 0 radical (unpaired) electrons. The van der Waals surface area contributed by atoms with E-state index in [9.17, 15) is 22.0 Å². The van der Waals surface area contributed by atoms with Gasteiger partial charge in [0.25, 0.3) is 0 Å². The molecule has 0 atom stereocenters. The van der Waals surface area contributed by atoms with Crippen LogP contribution in [0.5, 0.6) is 5.75 Å². The quantitative estimate of drug-likeness (QED) is 0.173. The predicted molar refractivity (Wildman–Crippen MR) is 137 cm³/mol. The van der Waals surface area contributed by atoms with Gasteiger partial charge in [-0.2, -0.15) is 13.2 Å². The van der Waals surface area contributed by atoms with Gasteiger partial charge in [-0.3, -0.25) is 0 Å². The van der Waals surface area contributed by atoms with E-state index < -0.39 is 30.2 Å². The fourth-order valence-electron chi connectivity index (χ4n) is 5.00. The maximum Gasteiger partial charge on any atom is 0.422 e. The Bertz CT molecular complexity index is 1280. The average molecular weight is 515 g/mol. The van der Waals surface area contributed by atoms with Crippen molar-refractivity contribution in [1.82, 2.24) is 0 Å². The van der Waals surface area contributed by atoms with Crippen LogP contribution in [0.1, 0.15) is 63.9 Å². The predicted octanol–water partition coefficient (Wildman–Crippen LogP) is 9.46. The molecule has 3 aromatic carbocycles. The summed E-state index contributed by atoms with van der Waals surface area (Å²) in [6.45, 7) is 0.651. The molecule has 1 saturated carbocycles. The number of alkyl halides is 3. The number of ether oxygens (including phenoxy) is 1. The van der Waals surface area contributed by atoms with Gasteiger partial charge < -0.3 is 4.74 Å². The van der Waals surface area contributed by atoms with E-state index in [0.29, 0.717) is 28.0 Å². The first kappa shape index (κ1) is 27.0. The molecule has 0 heterocycles. The van der Waals surface area contributed by atoms with Gasteiger partial charge in [0.15, 0.2) is 18.2 Å². The number of halogens is 5. The molecule has 1 aliphatic rings. The second-order valence-corrected chi connectivity index (χ2v) is 9.89. The lowest BCUT2D eigenvalue weighted by Gasteiger charge is -2.25. The summed E-state index contributed by atoms with van der Waals surface area (Å²) in [7, 11) is 0. The fourth-order valence-corrected chi connectivity index (χ4v) is 5.00. The van der Waals surface area contributed by atoms with Gasteiger partial charge in [-0.25, -0.2) is 8.78 Å². The van der Waals surface area contributed by atoms with Crippen molar-refractivity contribution in [1.29, 1.82) is 0 Å². The summed E-state index contributed by atoms with van der Waals surface area (Å²) < 4.78 is 71.4. The lowest BCUT2D eigenvalue weighted by molar-refractivity contribution is -0.153. The Morgan fingerprint density at radius 3 is 2.41 bits per heavy atom. The van der Waals surface area contributed by atoms with Gasteiger partial charge >= 0.3 is 6.18 Å². The van der Waals surface area contributed by atoms with Crippen LogP contribution in [0.3, 0.4) is 0 Å². The summed E-state index contributed by atoms with van der Waals surface area (Å²) in [5.74, 6) is 5.84. The normalized spacial score (nSPS) is 17.9. The highest BCUT2D eigenvalue weighted by molar-refractivity contribution is 5.89. The topological polar surface area (TPSA) is 9.23 Å². The Kier molecular flexibility index (Phi) is 8.74. The van der Waals surface area contributed by atoms with Crippen LogP contribution < -0.4 is 4.74 Å². The van der Waals surface area contributed by atoms with Crippen LogP contribution in [0, 0.1) is 35.3 Å². The molecule has 3 aromatic rings. The Morgan fingerprint density at radius 2 is 1.70 bits per heavy atom. The number of rotatable bonds is 7. The van der Waals surface area contributed by atoms with Gasteiger partial charge in [-0.1, -0.05) is 68.7 Å². The minimum atomic E-state index is -4.56. The number of benzene rings is 3. The third-order valence-corrected chi connectivity index (χ3v) is 7.07. The SMILES string of the molecule is CCCCCC1CCC(C#Cc2ccc(-c3ccc4c(F)c(OCC(F)(F)F)ccc4c3)c(F)c2)CC1. The van der Waals surface area contributed by atoms with Crippen LogP contribution in [0.4, 0.5) is 22.0 Å². The van der Waals surface area contributed by atoms with E-state index in [1.54, 1.807) is 24.3 Å². The van der Waals surface area contributed by atoms with Gasteiger partial charge in [0.05, 0.1) is 0 Å². The van der Waals surface area contributed by atoms with Crippen molar-refractivity contribution in [2.24, 2.45) is 11.8 Å². The zero-order valence-corrected chi connectivity index (χ0v) is 20.9. The summed E-state index contributed by atoms with van der Waals surface area (Å²) in [5, 5.41) is 0.536. The molecule has 196 valence electrons. The highest BCUT2D eigenvalue weighted by Gasteiger charge is 2.29. The molecule has 37 heavy (non-hydrogen) atoms. The molecule has 0 N–H and O–H groups in total. The third-order valence-electron chi connectivity index (χ3n) is 7.07. The van der Waals surface area contributed by atoms with Gasteiger partial charge in [0, 0.05) is 22.4 Å². The monoisotopic (exact) mass is 514 g/mol. The van der Waals surface area contributed by atoms with Crippen LogP contribution in [0.25, 0.3) is 21.9 Å². The van der Waals surface area contributed by atoms with Crippen molar-refractivity contribution in [3.05, 3.63) is 65.7 Å². The maximum absolute atomic E-state index is 15.0. The van der Waals surface area contributed by atoms with Crippen molar-refractivity contribution in [3.8, 4) is 28.7 Å². The second-order valence-electron chi connectivity index (χ2n) is 9.89. The van der Waals surface area contributed by atoms with Crippen LogP contribution in [0.15, 0.2) is 48.5 Å². The van der Waals surface area contributed by atoms with E-state index in [1.807, 2.05) is 0 Å². The number of fused-ring (bicyclic) bond motifs is 1. The van der Waals surface area contributed by atoms with E-state index in [2.05, 4.69) is 23.5 Å². The third kappa shape index (κ3) is 7.25. The fraction of sp³-hybridized carbons (Fsp3) is 0.419. The lowest BCUT2D eigenvalue weighted by Crippen LogP contribution is -2.19. The van der Waals surface area contributed by atoms with Crippen LogP contribution >= 0.6 is 0 Å². The second kappa shape index (κ2) is 12.0. The molecule has 6 heteroatoms. The first-order chi connectivity index (χ1) is 17.7. The van der Waals surface area contributed by atoms with Crippen LogP contribution in [0.2, 0.25) is 0 Å². The summed E-state index contributed by atoms with van der Waals surface area (Å²) in [4.78, 5) is 0. The molecule has 0 spiro atoms. The van der Waals surface area contributed by atoms with Gasteiger partial charge in [-0.15, -0.1) is 0 Å². The van der Waals surface area contributed by atoms with E-state index >= 15 is 0 Å². The number of hydrogen-bond donors (Lipinski definition) is 0. The van der Waals surface area contributed by atoms with Crippen LogP contribution in [-0.4, -0.2) is 12.8 Å². The summed E-state index contributed by atoms with van der Waals surface area (Å²) >= 11 is 0. The molecule has 0 bridgehead atoms. The Morgan fingerprint density at radius 1 is 0.919 bits per heavy atom. The highest BCUT2D eigenvalue weighted by Crippen LogP contribution is 2.33. The zero-order chi connectivity index (χ0) is 26.4. The van der Waals surface area contributed by atoms with Crippen molar-refractivity contribution < 1.29 is 26.7 Å². The van der Waals surface area contributed by atoms with Crippen LogP contribution in [-0.2, 0) is 0 Å². The molecule has 4 rings (SSSR count). The Hall–Kier alpha value is -3.07. The molecule has 0 unspecified atom stereocenters. The van der Waals surface area contributed by atoms with E-state index in [-0.39, 0.29) is 5.39 Å². The van der Waals surface area contributed by atoms with Crippen molar-refractivity contribution in [2.45, 2.75) is 64.5 Å². The summed E-state index contributed by atoms with van der Waals surface area (Å²) in [6.07, 6.45) is 5.25. The minimum Gasteiger partial charge on any atom is -0.481 e.